The Morgan fingerprint density at radius 3 is 2.67 bits per heavy atom. The van der Waals surface area contributed by atoms with E-state index >= 15 is 0 Å². The van der Waals surface area contributed by atoms with Crippen LogP contribution in [-0.4, -0.2) is 52.1 Å². The minimum absolute atomic E-state index is 0.00751. The molecule has 5 nitrogen and oxygen atoms in total. The van der Waals surface area contributed by atoms with Crippen LogP contribution in [-0.2, 0) is 11.2 Å². The molecule has 1 saturated heterocycles. The first kappa shape index (κ1) is 23.3. The van der Waals surface area contributed by atoms with E-state index in [-0.39, 0.29) is 45.9 Å². The number of amides is 1. The average molecular weight is 467 g/mol. The van der Waals surface area contributed by atoms with Crippen molar-refractivity contribution in [2.24, 2.45) is 17.8 Å². The number of halogens is 5. The standard InChI is InChI=1S/C20H23Cl2F3N2O3/c1-10-11-3-2-4-13(19(30)20(23,24)25)12(11)5-6-27(10)17(29)7-14-15(21)8-26-16(9-28)18(14)22/h8-13,19,30H,2-7H2,1H3/t10-,11+,12+,13+,19-/m0/s1. The Morgan fingerprint density at radius 1 is 1.33 bits per heavy atom. The van der Waals surface area contributed by atoms with Crippen molar-refractivity contribution >= 4 is 35.4 Å². The molecule has 1 N–H and O–H groups in total. The van der Waals surface area contributed by atoms with Gasteiger partial charge in [0.05, 0.1) is 16.5 Å². The number of rotatable bonds is 4. The molecule has 2 heterocycles. The van der Waals surface area contributed by atoms with E-state index in [9.17, 15) is 27.9 Å². The summed E-state index contributed by atoms with van der Waals surface area (Å²) >= 11 is 12.3. The van der Waals surface area contributed by atoms with Crippen LogP contribution in [0.25, 0.3) is 0 Å². The summed E-state index contributed by atoms with van der Waals surface area (Å²) in [5.41, 5.74) is 0.302. The van der Waals surface area contributed by atoms with E-state index in [2.05, 4.69) is 4.98 Å². The lowest BCUT2D eigenvalue weighted by molar-refractivity contribution is -0.233. The fourth-order valence-electron chi connectivity index (χ4n) is 5.09. The fraction of sp³-hybridized carbons (Fsp3) is 0.650. The first-order valence-electron chi connectivity index (χ1n) is 9.88. The van der Waals surface area contributed by atoms with E-state index in [1.54, 1.807) is 4.90 Å². The number of piperidine rings is 1. The number of alkyl halides is 3. The largest absolute Gasteiger partial charge is 0.414 e. The van der Waals surface area contributed by atoms with Gasteiger partial charge in [-0.3, -0.25) is 14.6 Å². The maximum absolute atomic E-state index is 13.1. The van der Waals surface area contributed by atoms with E-state index in [0.717, 1.165) is 0 Å². The van der Waals surface area contributed by atoms with Crippen LogP contribution in [0.5, 0.6) is 0 Å². The van der Waals surface area contributed by atoms with Gasteiger partial charge in [0.15, 0.2) is 12.4 Å². The van der Waals surface area contributed by atoms with Gasteiger partial charge in [-0.05, 0) is 43.9 Å². The Hall–Kier alpha value is -1.38. The van der Waals surface area contributed by atoms with Crippen LogP contribution in [0.2, 0.25) is 10.0 Å². The highest BCUT2D eigenvalue weighted by Gasteiger charge is 2.51. The topological polar surface area (TPSA) is 70.5 Å². The average Bonchev–Trinajstić information content (AvgIpc) is 2.70. The van der Waals surface area contributed by atoms with Gasteiger partial charge in [-0.15, -0.1) is 0 Å². The van der Waals surface area contributed by atoms with Crippen molar-refractivity contribution in [1.29, 1.82) is 0 Å². The molecule has 0 spiro atoms. The smallest absolute Gasteiger partial charge is 0.383 e. The van der Waals surface area contributed by atoms with Crippen LogP contribution in [0.1, 0.15) is 48.7 Å². The van der Waals surface area contributed by atoms with Crippen molar-refractivity contribution < 1.29 is 27.9 Å². The van der Waals surface area contributed by atoms with Gasteiger partial charge in [0.25, 0.3) is 0 Å². The minimum atomic E-state index is -4.64. The molecule has 3 rings (SSSR count). The molecule has 5 atom stereocenters. The molecule has 1 saturated carbocycles. The molecule has 1 amide bonds. The van der Waals surface area contributed by atoms with Crippen molar-refractivity contribution in [2.75, 3.05) is 6.54 Å². The summed E-state index contributed by atoms with van der Waals surface area (Å²) in [6.07, 6.45) is -3.34. The van der Waals surface area contributed by atoms with Crippen molar-refractivity contribution in [2.45, 2.75) is 57.3 Å². The Labute approximate surface area is 182 Å². The Morgan fingerprint density at radius 2 is 2.03 bits per heavy atom. The van der Waals surface area contributed by atoms with Crippen LogP contribution in [0, 0.1) is 17.8 Å². The van der Waals surface area contributed by atoms with Crippen LogP contribution >= 0.6 is 23.2 Å². The zero-order valence-electron chi connectivity index (χ0n) is 16.3. The maximum Gasteiger partial charge on any atom is 0.414 e. The predicted molar refractivity (Wildman–Crippen MR) is 106 cm³/mol. The zero-order valence-corrected chi connectivity index (χ0v) is 17.8. The van der Waals surface area contributed by atoms with Gasteiger partial charge < -0.3 is 10.0 Å². The number of pyridine rings is 1. The molecular formula is C20H23Cl2F3N2O3. The Kier molecular flexibility index (Phi) is 6.99. The van der Waals surface area contributed by atoms with Gasteiger partial charge in [-0.1, -0.05) is 29.6 Å². The second kappa shape index (κ2) is 9.01. The highest BCUT2D eigenvalue weighted by molar-refractivity contribution is 6.37. The third-order valence-electron chi connectivity index (χ3n) is 6.59. The summed E-state index contributed by atoms with van der Waals surface area (Å²) in [7, 11) is 0. The molecule has 1 aromatic rings. The minimum Gasteiger partial charge on any atom is -0.383 e. The van der Waals surface area contributed by atoms with Crippen molar-refractivity contribution in [3.63, 3.8) is 0 Å². The van der Waals surface area contributed by atoms with Gasteiger partial charge >= 0.3 is 6.18 Å². The number of likely N-dealkylation sites (tertiary alicyclic amines) is 1. The molecule has 166 valence electrons. The molecule has 10 heteroatoms. The number of fused-ring (bicyclic) bond motifs is 1. The summed E-state index contributed by atoms with van der Waals surface area (Å²) in [6.45, 7) is 2.13. The van der Waals surface area contributed by atoms with Gasteiger partial charge in [0.2, 0.25) is 5.91 Å². The molecule has 1 aliphatic carbocycles. The maximum atomic E-state index is 13.1. The van der Waals surface area contributed by atoms with Crippen molar-refractivity contribution in [1.82, 2.24) is 9.88 Å². The number of hydrogen-bond donors (Lipinski definition) is 1. The summed E-state index contributed by atoms with van der Waals surface area (Å²) in [5.74, 6) is -1.51. The molecule has 1 aromatic heterocycles. The van der Waals surface area contributed by atoms with Gasteiger partial charge in [0.1, 0.15) is 5.69 Å². The molecule has 0 unspecified atom stereocenters. The molecule has 0 aromatic carbocycles. The number of aliphatic hydroxyl groups excluding tert-OH is 1. The number of hydrogen-bond acceptors (Lipinski definition) is 4. The summed E-state index contributed by atoms with van der Waals surface area (Å²) < 4.78 is 39.3. The van der Waals surface area contributed by atoms with E-state index < -0.39 is 18.2 Å². The van der Waals surface area contributed by atoms with E-state index in [1.165, 1.54) is 6.20 Å². The summed E-state index contributed by atoms with van der Waals surface area (Å²) in [6, 6.07) is -0.274. The quantitative estimate of drug-likeness (QED) is 0.670. The van der Waals surface area contributed by atoms with Crippen LogP contribution < -0.4 is 0 Å². The molecule has 0 radical (unpaired) electrons. The van der Waals surface area contributed by atoms with Crippen molar-refractivity contribution in [3.05, 3.63) is 27.5 Å². The molecular weight excluding hydrogens is 444 g/mol. The lowest BCUT2D eigenvalue weighted by Gasteiger charge is -2.50. The first-order chi connectivity index (χ1) is 14.1. The van der Waals surface area contributed by atoms with E-state index in [0.29, 0.717) is 44.1 Å². The summed E-state index contributed by atoms with van der Waals surface area (Å²) in [5, 5.41) is 10.0. The molecule has 0 bridgehead atoms. The predicted octanol–water partition coefficient (Wildman–Crippen LogP) is 4.32. The number of carbonyl (C=O) groups excluding carboxylic acids is 2. The van der Waals surface area contributed by atoms with Crippen LogP contribution in [0.15, 0.2) is 6.20 Å². The fourth-order valence-corrected chi connectivity index (χ4v) is 5.61. The lowest BCUT2D eigenvalue weighted by Crippen LogP contribution is -2.55. The molecule has 2 aliphatic rings. The lowest BCUT2D eigenvalue weighted by atomic mass is 9.64. The normalized spacial score (nSPS) is 28.0. The van der Waals surface area contributed by atoms with Gasteiger partial charge in [-0.25, -0.2) is 0 Å². The third kappa shape index (κ3) is 4.46. The highest BCUT2D eigenvalue weighted by Crippen LogP contribution is 2.47. The number of aromatic nitrogens is 1. The van der Waals surface area contributed by atoms with E-state index in [4.69, 9.17) is 23.2 Å². The number of nitrogens with zero attached hydrogens (tertiary/aromatic N) is 2. The van der Waals surface area contributed by atoms with Gasteiger partial charge in [-0.2, -0.15) is 13.2 Å². The van der Waals surface area contributed by atoms with Gasteiger partial charge in [0, 0.05) is 24.3 Å². The Balaban J connectivity index is 1.76. The SMILES string of the molecule is C[C@H]1[C@H]2CCC[C@@H]([C@H](O)C(F)(F)F)[C@@H]2CCN1C(=O)Cc1c(Cl)cnc(C=O)c1Cl. The first-order valence-corrected chi connectivity index (χ1v) is 10.6. The number of aliphatic hydroxyl groups is 1. The van der Waals surface area contributed by atoms with Crippen LogP contribution in [0.4, 0.5) is 13.2 Å². The van der Waals surface area contributed by atoms with E-state index in [1.807, 2.05) is 6.92 Å². The van der Waals surface area contributed by atoms with Crippen LogP contribution in [0.3, 0.4) is 0 Å². The number of carbonyl (C=O) groups is 2. The van der Waals surface area contributed by atoms with Crippen molar-refractivity contribution in [3.8, 4) is 0 Å². The molecule has 30 heavy (non-hydrogen) atoms. The second-order valence-electron chi connectivity index (χ2n) is 8.10. The zero-order chi connectivity index (χ0) is 22.2. The molecule has 2 fully saturated rings. The second-order valence-corrected chi connectivity index (χ2v) is 8.89. The monoisotopic (exact) mass is 466 g/mol. The Bertz CT molecular complexity index is 821. The highest BCUT2D eigenvalue weighted by atomic mass is 35.5. The summed E-state index contributed by atoms with van der Waals surface area (Å²) in [4.78, 5) is 29.5. The number of aldehydes is 1. The molecule has 1 aliphatic heterocycles. The third-order valence-corrected chi connectivity index (χ3v) is 7.33.